The highest BCUT2D eigenvalue weighted by molar-refractivity contribution is 8.00. The van der Waals surface area contributed by atoms with Crippen LogP contribution in [-0.4, -0.2) is 46.5 Å². The Morgan fingerprint density at radius 2 is 2.00 bits per heavy atom. The van der Waals surface area contributed by atoms with Crippen molar-refractivity contribution in [2.75, 3.05) is 24.7 Å². The van der Waals surface area contributed by atoms with Crippen molar-refractivity contribution in [2.45, 2.75) is 19.8 Å². The predicted octanol–water partition coefficient (Wildman–Crippen LogP) is 0.497. The van der Waals surface area contributed by atoms with Crippen LogP contribution < -0.4 is 0 Å². The molecule has 1 atom stereocenters. The minimum atomic E-state index is -0.0901. The molecule has 4 nitrogen and oxygen atoms in total. The Kier molecular flexibility index (Phi) is 5.11. The molecule has 0 saturated carbocycles. The highest BCUT2D eigenvalue weighted by atomic mass is 32.2. The van der Waals surface area contributed by atoms with Crippen LogP contribution in [0.5, 0.6) is 0 Å². The van der Waals surface area contributed by atoms with Crippen LogP contribution in [0.25, 0.3) is 0 Å². The van der Waals surface area contributed by atoms with Gasteiger partial charge in [-0.1, -0.05) is 13.3 Å². The van der Waals surface area contributed by atoms with Crippen LogP contribution in [0.15, 0.2) is 0 Å². The standard InChI is InChI=1S/C10H17NO3S/c1-2-8(3-4-12)5-11-9(13)6-15-7-10(11)14/h8,12H,2-7H2,1H3. The number of aliphatic hydroxyl groups is 1. The van der Waals surface area contributed by atoms with Gasteiger partial charge in [0.1, 0.15) is 0 Å². The average Bonchev–Trinajstić information content (AvgIpc) is 2.22. The van der Waals surface area contributed by atoms with E-state index in [0.717, 1.165) is 6.42 Å². The monoisotopic (exact) mass is 231 g/mol. The van der Waals surface area contributed by atoms with Crippen LogP contribution in [-0.2, 0) is 9.59 Å². The van der Waals surface area contributed by atoms with Gasteiger partial charge in [-0.05, 0) is 12.3 Å². The highest BCUT2D eigenvalue weighted by Crippen LogP contribution is 2.16. The van der Waals surface area contributed by atoms with Gasteiger partial charge in [0.05, 0.1) is 11.5 Å². The molecule has 15 heavy (non-hydrogen) atoms. The first-order valence-electron chi connectivity index (χ1n) is 5.20. The van der Waals surface area contributed by atoms with Gasteiger partial charge in [-0.25, -0.2) is 0 Å². The van der Waals surface area contributed by atoms with Crippen LogP contribution in [0.3, 0.4) is 0 Å². The molecule has 1 heterocycles. The van der Waals surface area contributed by atoms with Gasteiger partial charge in [0, 0.05) is 13.2 Å². The summed E-state index contributed by atoms with van der Waals surface area (Å²) in [5.74, 6) is 0.856. The summed E-state index contributed by atoms with van der Waals surface area (Å²) in [4.78, 5) is 24.3. The van der Waals surface area contributed by atoms with Gasteiger partial charge in [0.25, 0.3) is 0 Å². The van der Waals surface area contributed by atoms with E-state index in [1.165, 1.54) is 16.7 Å². The van der Waals surface area contributed by atoms with Crippen LogP contribution in [0.1, 0.15) is 19.8 Å². The fourth-order valence-corrected chi connectivity index (χ4v) is 2.35. The van der Waals surface area contributed by atoms with Crippen molar-refractivity contribution in [1.29, 1.82) is 0 Å². The van der Waals surface area contributed by atoms with Crippen molar-refractivity contribution in [3.05, 3.63) is 0 Å². The first-order chi connectivity index (χ1) is 7.19. The van der Waals surface area contributed by atoms with E-state index < -0.39 is 0 Å². The Morgan fingerprint density at radius 1 is 1.40 bits per heavy atom. The Bertz CT molecular complexity index is 229. The molecule has 1 aliphatic rings. The largest absolute Gasteiger partial charge is 0.396 e. The van der Waals surface area contributed by atoms with E-state index in [2.05, 4.69) is 0 Å². The second-order valence-corrected chi connectivity index (χ2v) is 4.66. The molecule has 1 N–H and O–H groups in total. The summed E-state index contributed by atoms with van der Waals surface area (Å²) in [6.45, 7) is 2.59. The quantitative estimate of drug-likeness (QED) is 0.700. The smallest absolute Gasteiger partial charge is 0.239 e. The molecule has 1 fully saturated rings. The Balaban J connectivity index is 2.52. The molecule has 1 rings (SSSR count). The van der Waals surface area contributed by atoms with Crippen molar-refractivity contribution in [3.63, 3.8) is 0 Å². The van der Waals surface area contributed by atoms with Gasteiger partial charge in [-0.2, -0.15) is 0 Å². The number of imide groups is 1. The number of hydrogen-bond acceptors (Lipinski definition) is 4. The number of hydrogen-bond donors (Lipinski definition) is 1. The highest BCUT2D eigenvalue weighted by Gasteiger charge is 2.27. The third kappa shape index (κ3) is 3.50. The third-order valence-corrected chi connectivity index (χ3v) is 3.51. The second-order valence-electron chi connectivity index (χ2n) is 3.68. The van der Waals surface area contributed by atoms with Crippen molar-refractivity contribution >= 4 is 23.6 Å². The SMILES string of the molecule is CCC(CCO)CN1C(=O)CSCC1=O. The number of aliphatic hydroxyl groups excluding tert-OH is 1. The molecular formula is C10H17NO3S. The van der Waals surface area contributed by atoms with E-state index in [1.54, 1.807) is 0 Å². The van der Waals surface area contributed by atoms with Crippen molar-refractivity contribution in [3.8, 4) is 0 Å². The van der Waals surface area contributed by atoms with E-state index in [-0.39, 0.29) is 24.3 Å². The van der Waals surface area contributed by atoms with Crippen molar-refractivity contribution < 1.29 is 14.7 Å². The van der Waals surface area contributed by atoms with Crippen LogP contribution in [0.4, 0.5) is 0 Å². The molecule has 86 valence electrons. The van der Waals surface area contributed by atoms with E-state index >= 15 is 0 Å². The van der Waals surface area contributed by atoms with Gasteiger partial charge in [-0.3, -0.25) is 14.5 Å². The average molecular weight is 231 g/mol. The Labute approximate surface area is 94.0 Å². The molecule has 5 heteroatoms. The number of thioether (sulfide) groups is 1. The maximum Gasteiger partial charge on any atom is 0.239 e. The van der Waals surface area contributed by atoms with Gasteiger partial charge in [-0.15, -0.1) is 11.8 Å². The fraction of sp³-hybridized carbons (Fsp3) is 0.800. The lowest BCUT2D eigenvalue weighted by Gasteiger charge is -2.28. The molecule has 0 bridgehead atoms. The molecule has 2 amide bonds. The summed E-state index contributed by atoms with van der Waals surface area (Å²) in [5.41, 5.74) is 0. The van der Waals surface area contributed by atoms with E-state index in [0.29, 0.717) is 24.5 Å². The zero-order valence-corrected chi connectivity index (χ0v) is 9.76. The molecule has 0 aromatic carbocycles. The maximum absolute atomic E-state index is 11.5. The number of amides is 2. The molecule has 0 aromatic rings. The molecule has 1 aliphatic heterocycles. The molecule has 1 unspecified atom stereocenters. The molecule has 0 aliphatic carbocycles. The van der Waals surface area contributed by atoms with Crippen LogP contribution >= 0.6 is 11.8 Å². The normalized spacial score (nSPS) is 19.5. The van der Waals surface area contributed by atoms with E-state index in [1.807, 2.05) is 6.92 Å². The zero-order valence-electron chi connectivity index (χ0n) is 8.94. The Hall–Kier alpha value is -0.550. The van der Waals surface area contributed by atoms with Gasteiger partial charge in [0.15, 0.2) is 0 Å². The first kappa shape index (κ1) is 12.5. The van der Waals surface area contributed by atoms with Gasteiger partial charge < -0.3 is 5.11 Å². The summed E-state index contributed by atoms with van der Waals surface area (Å²) in [5, 5.41) is 8.84. The summed E-state index contributed by atoms with van der Waals surface area (Å²) in [6, 6.07) is 0. The molecule has 0 radical (unpaired) electrons. The van der Waals surface area contributed by atoms with Gasteiger partial charge in [0.2, 0.25) is 11.8 Å². The number of carbonyl (C=O) groups is 2. The maximum atomic E-state index is 11.5. The zero-order chi connectivity index (χ0) is 11.3. The van der Waals surface area contributed by atoms with E-state index in [9.17, 15) is 9.59 Å². The van der Waals surface area contributed by atoms with Crippen molar-refractivity contribution in [1.82, 2.24) is 4.90 Å². The summed E-state index contributed by atoms with van der Waals surface area (Å²) in [7, 11) is 0. The predicted molar refractivity (Wildman–Crippen MR) is 59.5 cm³/mol. The Morgan fingerprint density at radius 3 is 2.47 bits per heavy atom. The minimum Gasteiger partial charge on any atom is -0.396 e. The lowest BCUT2D eigenvalue weighted by atomic mass is 10.0. The first-order valence-corrected chi connectivity index (χ1v) is 6.36. The summed E-state index contributed by atoms with van der Waals surface area (Å²) in [6.07, 6.45) is 1.53. The van der Waals surface area contributed by atoms with Crippen molar-refractivity contribution in [2.24, 2.45) is 5.92 Å². The van der Waals surface area contributed by atoms with Crippen LogP contribution in [0, 0.1) is 5.92 Å². The number of rotatable bonds is 5. The topological polar surface area (TPSA) is 57.6 Å². The number of nitrogens with zero attached hydrogens (tertiary/aromatic N) is 1. The lowest BCUT2D eigenvalue weighted by Crippen LogP contribution is -2.45. The molecular weight excluding hydrogens is 214 g/mol. The minimum absolute atomic E-state index is 0.0901. The fourth-order valence-electron chi connectivity index (χ4n) is 1.59. The van der Waals surface area contributed by atoms with Gasteiger partial charge >= 0.3 is 0 Å². The summed E-state index contributed by atoms with van der Waals surface area (Å²) >= 11 is 1.37. The second kappa shape index (κ2) is 6.12. The lowest BCUT2D eigenvalue weighted by molar-refractivity contribution is -0.143. The molecule has 1 saturated heterocycles. The summed E-state index contributed by atoms with van der Waals surface area (Å²) < 4.78 is 0. The number of carbonyl (C=O) groups excluding carboxylic acids is 2. The van der Waals surface area contributed by atoms with E-state index in [4.69, 9.17) is 5.11 Å². The molecule has 0 spiro atoms. The molecule has 0 aromatic heterocycles. The third-order valence-electron chi connectivity index (χ3n) is 2.61. The van der Waals surface area contributed by atoms with Crippen LogP contribution in [0.2, 0.25) is 0 Å².